The van der Waals surface area contributed by atoms with Crippen molar-refractivity contribution in [2.45, 2.75) is 134 Å². The number of carbonyl (C=O) groups excluding carboxylic acids is 9. The third-order valence-corrected chi connectivity index (χ3v) is 17.4. The lowest BCUT2D eigenvalue weighted by atomic mass is 9.44. The minimum absolute atomic E-state index is 0.0172. The van der Waals surface area contributed by atoms with E-state index in [0.29, 0.717) is 11.4 Å². The van der Waals surface area contributed by atoms with Crippen LogP contribution in [-0.4, -0.2) is 153 Å². The summed E-state index contributed by atoms with van der Waals surface area (Å²) in [6.45, 7) is 7.54. The van der Waals surface area contributed by atoms with Crippen LogP contribution < -0.4 is 20.1 Å². The SMILES string of the molecule is CC(=O)O[C@H]1C(=O)[C@]2(C)[C@@H](OC(=O)COc3ccccc3)C[C@H]3OC[C@@]3(OC(C)=O)[C@H]2[C@H](OC(=O)c2ccccc2)[C@]2(O)C[C@H](OC(=O)[C@H](OC(=O)COc3ccccc3)[C@@H](NC(=O)[C@@H](CCC(=O)O)NC(=O)c3cnc(C)cn3)c3ccccc3)C(C)=C1C2(C)C. The van der Waals surface area contributed by atoms with Gasteiger partial charge in [-0.05, 0) is 80.3 Å². The van der Waals surface area contributed by atoms with Crippen molar-refractivity contribution in [2.75, 3.05) is 19.8 Å². The van der Waals surface area contributed by atoms with Crippen LogP contribution in [0.4, 0.5) is 0 Å². The van der Waals surface area contributed by atoms with Crippen molar-refractivity contribution in [1.82, 2.24) is 20.6 Å². The predicted octanol–water partition coefficient (Wildman–Crippen LogP) is 5.44. The van der Waals surface area contributed by atoms with E-state index in [1.807, 2.05) is 0 Å². The smallest absolute Gasteiger partial charge is 0.350 e. The number of carboxylic acid groups (broad SMARTS) is 1. The lowest BCUT2D eigenvalue weighted by molar-refractivity contribution is -0.346. The standard InChI is InChI=1S/C67H70N4O21/c1-37-32-69-46(33-68-37)61(80)70-45(28-29-50(74)75)60(79)71-54(41-20-12-8-13-21-41)56(90-52(77)35-85-44-26-18-11-19-27-44)63(82)88-47-31-67(83)59(91-62(81)42-22-14-9-15-23-42)57-65(7,58(78)55(87-39(3)72)53(38(47)2)64(67,5)6)48(30-49-66(57,36-86-49)92-40(4)73)89-51(76)34-84-43-24-16-10-17-25-43/h8-27,32-33,45,47-49,54-57,59,83H,28-31,34-36H2,1-7H3,(H,70,80)(H,71,79)(H,74,75)/t45-,47+,48+,49-,54+,55-,56-,57+,59+,65-,66+,67-/m1/s1. The first kappa shape index (κ1) is 66.5. The van der Waals surface area contributed by atoms with Crippen molar-refractivity contribution in [3.63, 3.8) is 0 Å². The molecule has 4 aliphatic rings. The minimum Gasteiger partial charge on any atom is -0.482 e. The maximum absolute atomic E-state index is 16.6. The van der Waals surface area contributed by atoms with E-state index in [1.165, 1.54) is 70.3 Å². The Kier molecular flexibility index (Phi) is 20.0. The highest BCUT2D eigenvalue weighted by Crippen LogP contribution is 2.65. The van der Waals surface area contributed by atoms with Gasteiger partial charge in [0.05, 0.1) is 35.4 Å². The normalized spacial score (nSPS) is 25.2. The number of aliphatic carboxylic acids is 1. The number of ether oxygens (including phenoxy) is 9. The third kappa shape index (κ3) is 13.9. The summed E-state index contributed by atoms with van der Waals surface area (Å²) in [5.74, 6) is -12.2. The van der Waals surface area contributed by atoms with Crippen LogP contribution in [0.1, 0.15) is 105 Å². The van der Waals surface area contributed by atoms with Gasteiger partial charge in [0.2, 0.25) is 12.0 Å². The quantitative estimate of drug-likeness (QED) is 0.0359. The number of Topliss-reactive ketones (excluding diaryl/α,β-unsaturated/α-hetero) is 1. The number of ketones is 1. The molecule has 9 rings (SSSR count). The predicted molar refractivity (Wildman–Crippen MR) is 318 cm³/mol. The third-order valence-electron chi connectivity index (χ3n) is 17.4. The number of fused-ring (bicyclic) bond motifs is 5. The van der Waals surface area contributed by atoms with Crippen LogP contribution >= 0.6 is 0 Å². The molecule has 1 aliphatic heterocycles. The number of hydrogen-bond donors (Lipinski definition) is 4. The highest BCUT2D eigenvalue weighted by molar-refractivity contribution is 5.97. The summed E-state index contributed by atoms with van der Waals surface area (Å²) in [6.07, 6.45) is -10.8. The summed E-state index contributed by atoms with van der Waals surface area (Å²) in [7, 11) is 0. The molecule has 0 unspecified atom stereocenters. The summed E-state index contributed by atoms with van der Waals surface area (Å²) in [5, 5.41) is 29.4. The van der Waals surface area contributed by atoms with Gasteiger partial charge in [-0.25, -0.2) is 24.2 Å². The van der Waals surface area contributed by atoms with Gasteiger partial charge in [-0.15, -0.1) is 0 Å². The first-order valence-electron chi connectivity index (χ1n) is 29.6. The molecule has 0 radical (unpaired) electrons. The van der Waals surface area contributed by atoms with Crippen LogP contribution in [0.15, 0.2) is 145 Å². The van der Waals surface area contributed by atoms with Gasteiger partial charge in [0.15, 0.2) is 30.7 Å². The van der Waals surface area contributed by atoms with Gasteiger partial charge < -0.3 is 63.5 Å². The molecule has 2 heterocycles. The van der Waals surface area contributed by atoms with Gasteiger partial charge >= 0.3 is 41.8 Å². The maximum Gasteiger partial charge on any atom is 0.350 e. The molecule has 92 heavy (non-hydrogen) atoms. The van der Waals surface area contributed by atoms with Gasteiger partial charge in [0.1, 0.15) is 59.3 Å². The second-order valence-electron chi connectivity index (χ2n) is 23.7. The summed E-state index contributed by atoms with van der Waals surface area (Å²) >= 11 is 0. The van der Waals surface area contributed by atoms with E-state index >= 15 is 9.59 Å². The zero-order valence-electron chi connectivity index (χ0n) is 51.4. The summed E-state index contributed by atoms with van der Waals surface area (Å²) in [4.78, 5) is 151. The Balaban J connectivity index is 1.19. The van der Waals surface area contributed by atoms with Crippen LogP contribution in [0.25, 0.3) is 0 Å². The molecule has 1 saturated heterocycles. The molecule has 3 aliphatic carbocycles. The second-order valence-corrected chi connectivity index (χ2v) is 23.7. The number of rotatable bonds is 23. The Labute approximate surface area is 528 Å². The number of hydrogen-bond acceptors (Lipinski definition) is 22. The second kappa shape index (κ2) is 27.7. The zero-order valence-corrected chi connectivity index (χ0v) is 51.4. The molecule has 1 aromatic heterocycles. The Hall–Kier alpha value is -9.88. The highest BCUT2D eigenvalue weighted by atomic mass is 16.6. The molecular formula is C67H70N4O21. The van der Waals surface area contributed by atoms with E-state index in [4.69, 9.17) is 42.6 Å². The van der Waals surface area contributed by atoms with Gasteiger partial charge in [0.25, 0.3) is 5.91 Å². The Morgan fingerprint density at radius 1 is 0.717 bits per heavy atom. The molecule has 25 nitrogen and oxygen atoms in total. The summed E-state index contributed by atoms with van der Waals surface area (Å²) in [5.41, 5.74) is -8.77. The maximum atomic E-state index is 16.6. The van der Waals surface area contributed by atoms with Crippen LogP contribution in [0.2, 0.25) is 0 Å². The van der Waals surface area contributed by atoms with Crippen molar-refractivity contribution in [3.8, 4) is 11.5 Å². The average Bonchev–Trinajstić information content (AvgIpc) is 0.669. The number of carbonyl (C=O) groups is 10. The highest BCUT2D eigenvalue weighted by Gasteiger charge is 2.79. The summed E-state index contributed by atoms with van der Waals surface area (Å²) < 4.78 is 55.3. The molecule has 2 saturated carbocycles. The molecule has 4 aromatic carbocycles. The fraction of sp³-hybridized carbons (Fsp3) is 0.403. The van der Waals surface area contributed by atoms with E-state index < -0.39 is 175 Å². The fourth-order valence-electron chi connectivity index (χ4n) is 12.8. The number of aliphatic hydroxyl groups is 1. The first-order chi connectivity index (χ1) is 43.8. The molecule has 12 atom stereocenters. The zero-order chi connectivity index (χ0) is 66.3. The van der Waals surface area contributed by atoms with Crippen molar-refractivity contribution < 1.29 is 101 Å². The molecule has 0 spiro atoms. The van der Waals surface area contributed by atoms with Crippen LogP contribution in [0, 0.1) is 23.7 Å². The molecule has 4 N–H and O–H groups in total. The van der Waals surface area contributed by atoms with Gasteiger partial charge in [0, 0.05) is 44.7 Å². The van der Waals surface area contributed by atoms with Crippen molar-refractivity contribution in [1.29, 1.82) is 0 Å². The molecule has 5 aromatic rings. The van der Waals surface area contributed by atoms with Crippen LogP contribution in [0.5, 0.6) is 11.5 Å². The largest absolute Gasteiger partial charge is 0.482 e. The monoisotopic (exact) mass is 1270 g/mol. The first-order valence-corrected chi connectivity index (χ1v) is 29.6. The van der Waals surface area contributed by atoms with E-state index in [1.54, 1.807) is 91.9 Å². The summed E-state index contributed by atoms with van der Waals surface area (Å²) in [6, 6.07) is 28.1. The van der Waals surface area contributed by atoms with E-state index in [2.05, 4.69) is 20.6 Å². The number of nitrogens with one attached hydrogen (secondary N) is 2. The number of amides is 2. The number of esters is 6. The fourth-order valence-corrected chi connectivity index (χ4v) is 12.8. The van der Waals surface area contributed by atoms with Crippen molar-refractivity contribution >= 4 is 59.4 Å². The van der Waals surface area contributed by atoms with Crippen LogP contribution in [-0.2, 0) is 71.5 Å². The number of para-hydroxylation sites is 2. The molecule has 3 fully saturated rings. The van der Waals surface area contributed by atoms with Crippen molar-refractivity contribution in [2.24, 2.45) is 16.7 Å². The van der Waals surface area contributed by atoms with E-state index in [0.717, 1.165) is 20.0 Å². The number of aromatic nitrogens is 2. The Morgan fingerprint density at radius 2 is 1.32 bits per heavy atom. The minimum atomic E-state index is -2.67. The Bertz CT molecular complexity index is 3630. The van der Waals surface area contributed by atoms with E-state index in [9.17, 15) is 48.6 Å². The van der Waals surface area contributed by atoms with E-state index in [-0.39, 0.29) is 40.1 Å². The molecule has 25 heteroatoms. The lowest BCUT2D eigenvalue weighted by Gasteiger charge is -2.67. The van der Waals surface area contributed by atoms with Gasteiger partial charge in [-0.3, -0.25) is 33.8 Å². The number of benzene rings is 4. The molecule has 484 valence electrons. The number of nitrogens with zero attached hydrogens (tertiary/aromatic N) is 2. The van der Waals surface area contributed by atoms with Crippen molar-refractivity contribution in [3.05, 3.63) is 167 Å². The molecule has 2 bridgehead atoms. The molecule has 2 amide bonds. The van der Waals surface area contributed by atoms with Gasteiger partial charge in [-0.2, -0.15) is 0 Å². The Morgan fingerprint density at radius 3 is 1.87 bits per heavy atom. The van der Waals surface area contributed by atoms with Gasteiger partial charge in [-0.1, -0.05) is 98.8 Å². The number of aryl methyl sites for hydroxylation is 1. The lowest BCUT2D eigenvalue weighted by Crippen LogP contribution is -2.82. The number of carboxylic acids is 1. The van der Waals surface area contributed by atoms with Crippen LogP contribution in [0.3, 0.4) is 0 Å². The molecular weight excluding hydrogens is 1200 g/mol. The topological polar surface area (TPSA) is 344 Å². The average molecular weight is 1270 g/mol.